The molecule has 0 saturated heterocycles. The van der Waals surface area contributed by atoms with E-state index in [9.17, 15) is 0 Å². The SMILES string of the molecule is C1=CC2=C(C=CCc3ccccc32)CC1. The molecule has 0 saturated carbocycles. The summed E-state index contributed by atoms with van der Waals surface area (Å²) in [5, 5.41) is 0. The molecule has 0 nitrogen and oxygen atoms in total. The van der Waals surface area contributed by atoms with Crippen molar-refractivity contribution in [3.05, 3.63) is 65.3 Å². The maximum absolute atomic E-state index is 2.30. The van der Waals surface area contributed by atoms with Crippen molar-refractivity contribution in [2.24, 2.45) is 0 Å². The van der Waals surface area contributed by atoms with Gasteiger partial charge in [0.15, 0.2) is 0 Å². The Hall–Kier alpha value is -1.56. The lowest BCUT2D eigenvalue weighted by molar-refractivity contribution is 0.997. The fourth-order valence-electron chi connectivity index (χ4n) is 2.41. The lowest BCUT2D eigenvalue weighted by Gasteiger charge is -2.14. The summed E-state index contributed by atoms with van der Waals surface area (Å²) in [5.74, 6) is 0. The molecular weight excluding hydrogens is 180 g/mol. The van der Waals surface area contributed by atoms with Gasteiger partial charge in [-0.25, -0.2) is 0 Å². The van der Waals surface area contributed by atoms with E-state index in [4.69, 9.17) is 0 Å². The van der Waals surface area contributed by atoms with E-state index in [0.29, 0.717) is 0 Å². The quantitative estimate of drug-likeness (QED) is 0.587. The topological polar surface area (TPSA) is 0 Å². The molecule has 0 heterocycles. The average molecular weight is 194 g/mol. The number of hydrogen-bond acceptors (Lipinski definition) is 0. The summed E-state index contributed by atoms with van der Waals surface area (Å²) in [5.41, 5.74) is 5.81. The molecule has 0 spiro atoms. The molecule has 0 atom stereocenters. The number of allylic oxidation sites excluding steroid dienone is 6. The molecule has 0 aliphatic heterocycles. The van der Waals surface area contributed by atoms with Crippen molar-refractivity contribution in [3.63, 3.8) is 0 Å². The molecule has 74 valence electrons. The highest BCUT2D eigenvalue weighted by Crippen LogP contribution is 2.32. The van der Waals surface area contributed by atoms with Crippen LogP contribution in [-0.4, -0.2) is 0 Å². The predicted octanol–water partition coefficient (Wildman–Crippen LogP) is 3.90. The van der Waals surface area contributed by atoms with Crippen LogP contribution in [0.4, 0.5) is 0 Å². The van der Waals surface area contributed by atoms with Crippen molar-refractivity contribution >= 4 is 5.57 Å². The fraction of sp³-hybridized carbons (Fsp3) is 0.200. The Bertz CT molecular complexity index is 473. The van der Waals surface area contributed by atoms with Gasteiger partial charge in [-0.15, -0.1) is 0 Å². The first kappa shape index (κ1) is 8.72. The number of hydrogen-bond donors (Lipinski definition) is 0. The second-order valence-corrected chi connectivity index (χ2v) is 4.14. The smallest absolute Gasteiger partial charge is 0.00881 e. The summed E-state index contributed by atoms with van der Waals surface area (Å²) in [6.45, 7) is 0. The Morgan fingerprint density at radius 1 is 0.933 bits per heavy atom. The highest BCUT2D eigenvalue weighted by molar-refractivity contribution is 5.81. The number of benzene rings is 1. The minimum Gasteiger partial charge on any atom is -0.0836 e. The highest BCUT2D eigenvalue weighted by Gasteiger charge is 2.13. The van der Waals surface area contributed by atoms with Crippen LogP contribution in [0.1, 0.15) is 24.0 Å². The zero-order valence-electron chi connectivity index (χ0n) is 8.74. The summed E-state index contributed by atoms with van der Waals surface area (Å²) in [4.78, 5) is 0. The van der Waals surface area contributed by atoms with Crippen molar-refractivity contribution in [2.75, 3.05) is 0 Å². The van der Waals surface area contributed by atoms with Crippen LogP contribution in [0.25, 0.3) is 5.57 Å². The molecule has 2 aliphatic rings. The molecule has 1 aromatic carbocycles. The third kappa shape index (κ3) is 1.46. The van der Waals surface area contributed by atoms with Gasteiger partial charge in [0.25, 0.3) is 0 Å². The van der Waals surface area contributed by atoms with Crippen molar-refractivity contribution in [1.82, 2.24) is 0 Å². The zero-order valence-corrected chi connectivity index (χ0v) is 8.74. The van der Waals surface area contributed by atoms with Gasteiger partial charge in [0.1, 0.15) is 0 Å². The molecule has 3 rings (SSSR count). The van der Waals surface area contributed by atoms with Crippen molar-refractivity contribution in [1.29, 1.82) is 0 Å². The standard InChI is InChI=1S/C15H14/c1-3-10-14-12(6-1)8-5-9-13-7-2-4-11-15(13)14/h1,3-6,9-11H,2,7-8H2. The minimum atomic E-state index is 1.07. The van der Waals surface area contributed by atoms with Crippen molar-refractivity contribution in [2.45, 2.75) is 19.3 Å². The van der Waals surface area contributed by atoms with E-state index in [-0.39, 0.29) is 0 Å². The Labute approximate surface area is 90.6 Å². The van der Waals surface area contributed by atoms with Crippen molar-refractivity contribution in [3.8, 4) is 0 Å². The summed E-state index contributed by atoms with van der Waals surface area (Å²) >= 11 is 0. The molecule has 2 aliphatic carbocycles. The maximum Gasteiger partial charge on any atom is -0.00881 e. The summed E-state index contributed by atoms with van der Waals surface area (Å²) in [7, 11) is 0. The second kappa shape index (κ2) is 3.54. The predicted molar refractivity (Wildman–Crippen MR) is 64.6 cm³/mol. The van der Waals surface area contributed by atoms with E-state index in [2.05, 4.69) is 48.6 Å². The molecule has 0 heteroatoms. The first-order valence-electron chi connectivity index (χ1n) is 5.59. The molecule has 0 radical (unpaired) electrons. The van der Waals surface area contributed by atoms with Crippen LogP contribution in [0.15, 0.2) is 54.1 Å². The maximum atomic E-state index is 2.30. The normalized spacial score (nSPS) is 18.4. The van der Waals surface area contributed by atoms with E-state index in [1.54, 1.807) is 0 Å². The molecule has 0 amide bonds. The van der Waals surface area contributed by atoms with Gasteiger partial charge in [-0.3, -0.25) is 0 Å². The monoisotopic (exact) mass is 194 g/mol. The summed E-state index contributed by atoms with van der Waals surface area (Å²) in [6, 6.07) is 8.74. The molecule has 0 fully saturated rings. The van der Waals surface area contributed by atoms with E-state index in [1.807, 2.05) is 0 Å². The van der Waals surface area contributed by atoms with E-state index in [0.717, 1.165) is 6.42 Å². The second-order valence-electron chi connectivity index (χ2n) is 4.14. The van der Waals surface area contributed by atoms with Crippen molar-refractivity contribution < 1.29 is 0 Å². The zero-order chi connectivity index (χ0) is 10.1. The van der Waals surface area contributed by atoms with Gasteiger partial charge in [-0.2, -0.15) is 0 Å². The van der Waals surface area contributed by atoms with Gasteiger partial charge < -0.3 is 0 Å². The first-order chi connectivity index (χ1) is 7.45. The third-order valence-electron chi connectivity index (χ3n) is 3.18. The van der Waals surface area contributed by atoms with Crippen LogP contribution in [0, 0.1) is 0 Å². The molecule has 0 aromatic heterocycles. The third-order valence-corrected chi connectivity index (χ3v) is 3.18. The summed E-state index contributed by atoms with van der Waals surface area (Å²) < 4.78 is 0. The molecule has 0 N–H and O–H groups in total. The van der Waals surface area contributed by atoms with Crippen LogP contribution < -0.4 is 0 Å². The largest absolute Gasteiger partial charge is 0.0836 e. The van der Waals surface area contributed by atoms with Crippen LogP contribution in [0.5, 0.6) is 0 Å². The van der Waals surface area contributed by atoms with Crippen LogP contribution in [0.3, 0.4) is 0 Å². The number of rotatable bonds is 0. The lowest BCUT2D eigenvalue weighted by atomic mass is 9.91. The minimum absolute atomic E-state index is 1.07. The van der Waals surface area contributed by atoms with E-state index < -0.39 is 0 Å². The highest BCUT2D eigenvalue weighted by atomic mass is 14.2. The first-order valence-corrected chi connectivity index (χ1v) is 5.59. The molecular formula is C15H14. The van der Waals surface area contributed by atoms with Gasteiger partial charge in [0.05, 0.1) is 0 Å². The lowest BCUT2D eigenvalue weighted by Crippen LogP contribution is -1.94. The molecule has 1 aromatic rings. The van der Waals surface area contributed by atoms with Gasteiger partial charge in [0, 0.05) is 0 Å². The number of fused-ring (bicyclic) bond motifs is 2. The Kier molecular flexibility index (Phi) is 2.06. The molecule has 15 heavy (non-hydrogen) atoms. The van der Waals surface area contributed by atoms with Crippen LogP contribution in [0.2, 0.25) is 0 Å². The molecule has 0 unspecified atom stereocenters. The van der Waals surface area contributed by atoms with E-state index in [1.165, 1.54) is 35.1 Å². The van der Waals surface area contributed by atoms with E-state index >= 15 is 0 Å². The molecule has 0 bridgehead atoms. The Morgan fingerprint density at radius 2 is 1.87 bits per heavy atom. The Balaban J connectivity index is 2.23. The van der Waals surface area contributed by atoms with Gasteiger partial charge in [-0.1, -0.05) is 48.6 Å². The summed E-state index contributed by atoms with van der Waals surface area (Å²) in [6.07, 6.45) is 12.6. The van der Waals surface area contributed by atoms with Gasteiger partial charge in [0.2, 0.25) is 0 Å². The van der Waals surface area contributed by atoms with Gasteiger partial charge in [-0.05, 0) is 41.5 Å². The van der Waals surface area contributed by atoms with Crippen LogP contribution >= 0.6 is 0 Å². The van der Waals surface area contributed by atoms with Gasteiger partial charge >= 0.3 is 0 Å². The van der Waals surface area contributed by atoms with Crippen LogP contribution in [-0.2, 0) is 6.42 Å². The fourth-order valence-corrected chi connectivity index (χ4v) is 2.41. The average Bonchev–Trinajstić information content (AvgIpc) is 2.48. The Morgan fingerprint density at radius 3 is 2.87 bits per heavy atom.